The highest BCUT2D eigenvalue weighted by Crippen LogP contribution is 2.13. The highest BCUT2D eigenvalue weighted by Gasteiger charge is 2.24. The Kier molecular flexibility index (Phi) is 10.1. The van der Waals surface area contributed by atoms with Crippen molar-refractivity contribution in [2.45, 2.75) is 12.5 Å². The van der Waals surface area contributed by atoms with Crippen LogP contribution in [-0.4, -0.2) is 72.1 Å². The molecule has 3 heterocycles. The molecule has 0 aliphatic carbocycles. The molecule has 10 heteroatoms. The fourth-order valence-corrected chi connectivity index (χ4v) is 3.81. The first-order valence-electron chi connectivity index (χ1n) is 8.26. The predicted octanol–water partition coefficient (Wildman–Crippen LogP) is 0.743. The van der Waals surface area contributed by atoms with Crippen LogP contribution in [0, 0.1) is 0 Å². The van der Waals surface area contributed by atoms with E-state index in [4.69, 9.17) is 0 Å². The lowest BCUT2D eigenvalue weighted by molar-refractivity contribution is -0.131. The molecule has 1 unspecified atom stereocenters. The molecular formula is C16H25Cl2N5O2S. The van der Waals surface area contributed by atoms with Crippen molar-refractivity contribution in [3.8, 4) is 0 Å². The van der Waals surface area contributed by atoms with E-state index in [1.165, 1.54) is 0 Å². The molecule has 146 valence electrons. The van der Waals surface area contributed by atoms with Gasteiger partial charge in [0.05, 0.1) is 6.04 Å². The summed E-state index contributed by atoms with van der Waals surface area (Å²) in [6.07, 6.45) is 2.14. The van der Waals surface area contributed by atoms with E-state index in [0.29, 0.717) is 26.1 Å². The van der Waals surface area contributed by atoms with E-state index < -0.39 is 0 Å². The number of pyridine rings is 1. The van der Waals surface area contributed by atoms with Gasteiger partial charge in [-0.25, -0.2) is 4.98 Å². The van der Waals surface area contributed by atoms with Crippen LogP contribution in [0.1, 0.15) is 6.42 Å². The van der Waals surface area contributed by atoms with E-state index in [0.717, 1.165) is 30.5 Å². The lowest BCUT2D eigenvalue weighted by atomic mass is 10.2. The number of aromatic nitrogens is 1. The van der Waals surface area contributed by atoms with Gasteiger partial charge in [0.25, 0.3) is 0 Å². The number of anilines is 1. The Balaban J connectivity index is 0.00000169. The monoisotopic (exact) mass is 421 g/mol. The first-order chi connectivity index (χ1) is 11.7. The van der Waals surface area contributed by atoms with Crippen LogP contribution in [0.5, 0.6) is 0 Å². The van der Waals surface area contributed by atoms with Crippen molar-refractivity contribution >= 4 is 54.2 Å². The quantitative estimate of drug-likeness (QED) is 0.729. The second kappa shape index (κ2) is 11.5. The number of rotatable bonds is 5. The van der Waals surface area contributed by atoms with Crippen molar-refractivity contribution in [3.63, 3.8) is 0 Å². The maximum absolute atomic E-state index is 12.3. The maximum Gasteiger partial charge on any atom is 0.238 e. The standard InChI is InChI=1S/C16H23N5O2S.2ClH/c22-15(4-6-18-16(23)13-11-24-12-19-13)21-9-7-20(8-10-21)14-3-1-2-5-17-14;;/h1-3,5,13,19H,4,6-12H2,(H,18,23);2*1H. The minimum atomic E-state index is -0.119. The van der Waals surface area contributed by atoms with Crippen LogP contribution in [0.3, 0.4) is 0 Å². The molecule has 2 saturated heterocycles. The number of amides is 2. The average Bonchev–Trinajstić information content (AvgIpc) is 3.17. The van der Waals surface area contributed by atoms with E-state index in [1.54, 1.807) is 18.0 Å². The summed E-state index contributed by atoms with van der Waals surface area (Å²) in [7, 11) is 0. The zero-order chi connectivity index (χ0) is 16.8. The topological polar surface area (TPSA) is 77.6 Å². The molecule has 1 atom stereocenters. The van der Waals surface area contributed by atoms with Crippen molar-refractivity contribution in [2.24, 2.45) is 0 Å². The molecule has 2 amide bonds. The van der Waals surface area contributed by atoms with Crippen molar-refractivity contribution in [1.82, 2.24) is 20.5 Å². The van der Waals surface area contributed by atoms with Crippen LogP contribution in [0.25, 0.3) is 0 Å². The number of carbonyl (C=O) groups excluding carboxylic acids is 2. The number of hydrogen-bond acceptors (Lipinski definition) is 6. The number of nitrogens with zero attached hydrogens (tertiary/aromatic N) is 3. The third-order valence-corrected chi connectivity index (χ3v) is 5.22. The molecule has 26 heavy (non-hydrogen) atoms. The summed E-state index contributed by atoms with van der Waals surface area (Å²) < 4.78 is 0. The van der Waals surface area contributed by atoms with Gasteiger partial charge in [-0.3, -0.25) is 14.9 Å². The van der Waals surface area contributed by atoms with Crippen molar-refractivity contribution in [2.75, 3.05) is 49.3 Å². The molecule has 0 saturated carbocycles. The Morgan fingerprint density at radius 1 is 1.23 bits per heavy atom. The van der Waals surface area contributed by atoms with Crippen molar-refractivity contribution in [1.29, 1.82) is 0 Å². The zero-order valence-corrected chi connectivity index (χ0v) is 16.9. The molecule has 2 N–H and O–H groups in total. The number of nitrogens with one attached hydrogen (secondary N) is 2. The first kappa shape index (κ1) is 22.8. The fourth-order valence-electron chi connectivity index (χ4n) is 2.86. The highest BCUT2D eigenvalue weighted by molar-refractivity contribution is 7.99. The normalized spacial score (nSPS) is 19.3. The maximum atomic E-state index is 12.3. The second-order valence-electron chi connectivity index (χ2n) is 5.87. The van der Waals surface area contributed by atoms with Crippen LogP contribution in [0.4, 0.5) is 5.82 Å². The fraction of sp³-hybridized carbons (Fsp3) is 0.562. The summed E-state index contributed by atoms with van der Waals surface area (Å²) in [5, 5.41) is 5.97. The second-order valence-corrected chi connectivity index (χ2v) is 6.90. The van der Waals surface area contributed by atoms with Gasteiger partial charge in [0.1, 0.15) is 5.82 Å². The predicted molar refractivity (Wildman–Crippen MR) is 109 cm³/mol. The van der Waals surface area contributed by atoms with Crippen LogP contribution in [0.2, 0.25) is 0 Å². The van der Waals surface area contributed by atoms with Gasteiger partial charge in [-0.15, -0.1) is 36.6 Å². The Hall–Kier alpha value is -1.22. The number of halogens is 2. The SMILES string of the molecule is Cl.Cl.O=C(NCCC(=O)N1CCN(c2ccccn2)CC1)C1CSCN1. The van der Waals surface area contributed by atoms with Gasteiger partial charge >= 0.3 is 0 Å². The Morgan fingerprint density at radius 3 is 2.62 bits per heavy atom. The lowest BCUT2D eigenvalue weighted by Gasteiger charge is -2.35. The molecule has 0 radical (unpaired) electrons. The Bertz CT molecular complexity index is 567. The minimum Gasteiger partial charge on any atom is -0.354 e. The van der Waals surface area contributed by atoms with E-state index in [-0.39, 0.29) is 42.7 Å². The molecule has 7 nitrogen and oxygen atoms in total. The summed E-state index contributed by atoms with van der Waals surface area (Å²) in [6, 6.07) is 5.74. The smallest absolute Gasteiger partial charge is 0.238 e. The molecule has 0 bridgehead atoms. The number of thioether (sulfide) groups is 1. The molecule has 0 spiro atoms. The Morgan fingerprint density at radius 2 is 2.00 bits per heavy atom. The lowest BCUT2D eigenvalue weighted by Crippen LogP contribution is -2.50. The van der Waals surface area contributed by atoms with Gasteiger partial charge in [-0.2, -0.15) is 0 Å². The molecule has 0 aromatic carbocycles. The van der Waals surface area contributed by atoms with Crippen LogP contribution in [0.15, 0.2) is 24.4 Å². The summed E-state index contributed by atoms with van der Waals surface area (Å²) >= 11 is 1.71. The Labute approximate surface area is 170 Å². The molecule has 1 aromatic heterocycles. The molecule has 2 aliphatic rings. The average molecular weight is 422 g/mol. The van der Waals surface area contributed by atoms with Crippen molar-refractivity contribution < 1.29 is 9.59 Å². The van der Waals surface area contributed by atoms with E-state index >= 15 is 0 Å². The molecular weight excluding hydrogens is 397 g/mol. The van der Waals surface area contributed by atoms with Crippen LogP contribution in [-0.2, 0) is 9.59 Å². The largest absolute Gasteiger partial charge is 0.354 e. The van der Waals surface area contributed by atoms with Crippen LogP contribution >= 0.6 is 36.6 Å². The van der Waals surface area contributed by atoms with Crippen molar-refractivity contribution in [3.05, 3.63) is 24.4 Å². The summed E-state index contributed by atoms with van der Waals surface area (Å²) in [6.45, 7) is 3.38. The number of piperazine rings is 1. The minimum absolute atomic E-state index is 0. The third kappa shape index (κ3) is 6.19. The zero-order valence-electron chi connectivity index (χ0n) is 14.4. The highest BCUT2D eigenvalue weighted by atomic mass is 35.5. The van der Waals surface area contributed by atoms with Crippen LogP contribution < -0.4 is 15.5 Å². The number of hydrogen-bond donors (Lipinski definition) is 2. The molecule has 2 fully saturated rings. The molecule has 3 rings (SSSR count). The van der Waals surface area contributed by atoms with E-state index in [2.05, 4.69) is 20.5 Å². The van der Waals surface area contributed by atoms with Gasteiger partial charge < -0.3 is 15.1 Å². The summed E-state index contributed by atoms with van der Waals surface area (Å²) in [5.74, 6) is 2.67. The third-order valence-electron chi connectivity index (χ3n) is 4.28. The van der Waals surface area contributed by atoms with Gasteiger partial charge in [-0.1, -0.05) is 6.07 Å². The molecule has 2 aliphatic heterocycles. The molecule has 1 aromatic rings. The summed E-state index contributed by atoms with van der Waals surface area (Å²) in [4.78, 5) is 32.5. The van der Waals surface area contributed by atoms with Gasteiger partial charge in [0.15, 0.2) is 0 Å². The van der Waals surface area contributed by atoms with Gasteiger partial charge in [0, 0.05) is 57.0 Å². The number of carbonyl (C=O) groups is 2. The van der Waals surface area contributed by atoms with Gasteiger partial charge in [0.2, 0.25) is 11.8 Å². The summed E-state index contributed by atoms with van der Waals surface area (Å²) in [5.41, 5.74) is 0. The first-order valence-corrected chi connectivity index (χ1v) is 9.42. The van der Waals surface area contributed by atoms with Gasteiger partial charge in [-0.05, 0) is 12.1 Å². The van der Waals surface area contributed by atoms with E-state index in [9.17, 15) is 9.59 Å². The van der Waals surface area contributed by atoms with E-state index in [1.807, 2.05) is 23.1 Å².